The molecule has 2 aromatic rings. The van der Waals surface area contributed by atoms with Gasteiger partial charge in [-0.25, -0.2) is 4.99 Å². The van der Waals surface area contributed by atoms with Crippen molar-refractivity contribution in [3.8, 4) is 5.75 Å². The van der Waals surface area contributed by atoms with E-state index in [9.17, 15) is 4.79 Å². The zero-order valence-corrected chi connectivity index (χ0v) is 21.7. The topological polar surface area (TPSA) is 60.4 Å². The number of amides is 1. The summed E-state index contributed by atoms with van der Waals surface area (Å²) in [5.41, 5.74) is 3.00. The number of benzene rings is 2. The summed E-state index contributed by atoms with van der Waals surface area (Å²) in [6, 6.07) is 15.9. The number of hydrogen-bond acceptors (Lipinski definition) is 4. The van der Waals surface area contributed by atoms with Crippen LogP contribution in [0.5, 0.6) is 5.75 Å². The third-order valence-corrected chi connectivity index (χ3v) is 5.37. The second-order valence-corrected chi connectivity index (χ2v) is 7.74. The van der Waals surface area contributed by atoms with Crippen molar-refractivity contribution < 1.29 is 9.53 Å². The Hall–Kier alpha value is -2.49. The van der Waals surface area contributed by atoms with Crippen molar-refractivity contribution in [1.29, 1.82) is 0 Å². The first-order chi connectivity index (χ1) is 15.0. The van der Waals surface area contributed by atoms with E-state index in [4.69, 9.17) is 9.73 Å². The van der Waals surface area contributed by atoms with Crippen LogP contribution in [0.1, 0.15) is 22.8 Å². The van der Waals surface area contributed by atoms with Crippen molar-refractivity contribution in [3.63, 3.8) is 0 Å². The molecule has 0 atom stereocenters. The lowest BCUT2D eigenvalue weighted by Gasteiger charge is -2.37. The summed E-state index contributed by atoms with van der Waals surface area (Å²) >= 11 is 0. The fourth-order valence-electron chi connectivity index (χ4n) is 3.57. The standard InChI is InChI=1S/C24H33N5O2.HI/c1-5-25-24(26-18-19-6-8-20(9-7-19)23(30)27(2)3)29-16-14-28(15-17-29)21-10-12-22(31-4)13-11-21;/h6-13H,5,14-18H2,1-4H3,(H,25,26);1H. The highest BCUT2D eigenvalue weighted by Crippen LogP contribution is 2.20. The van der Waals surface area contributed by atoms with Gasteiger partial charge in [0.2, 0.25) is 0 Å². The molecule has 0 radical (unpaired) electrons. The van der Waals surface area contributed by atoms with Gasteiger partial charge in [-0.3, -0.25) is 4.79 Å². The summed E-state index contributed by atoms with van der Waals surface area (Å²) in [6.45, 7) is 7.20. The van der Waals surface area contributed by atoms with Crippen LogP contribution in [0.4, 0.5) is 5.69 Å². The number of anilines is 1. The van der Waals surface area contributed by atoms with Crippen LogP contribution in [0.2, 0.25) is 0 Å². The monoisotopic (exact) mass is 551 g/mol. The lowest BCUT2D eigenvalue weighted by Crippen LogP contribution is -2.52. The molecule has 0 aliphatic carbocycles. The van der Waals surface area contributed by atoms with Gasteiger partial charge in [-0.2, -0.15) is 0 Å². The molecular formula is C24H34IN5O2. The molecule has 8 heteroatoms. The third-order valence-electron chi connectivity index (χ3n) is 5.37. The van der Waals surface area contributed by atoms with Crippen molar-refractivity contribution in [1.82, 2.24) is 15.1 Å². The zero-order valence-electron chi connectivity index (χ0n) is 19.4. The number of carbonyl (C=O) groups excluding carboxylic acids is 1. The van der Waals surface area contributed by atoms with Crippen LogP contribution in [-0.4, -0.2) is 75.6 Å². The molecular weight excluding hydrogens is 517 g/mol. The van der Waals surface area contributed by atoms with Gasteiger partial charge in [-0.15, -0.1) is 24.0 Å². The number of ether oxygens (including phenoxy) is 1. The molecule has 3 rings (SSSR count). The molecule has 0 unspecified atom stereocenters. The van der Waals surface area contributed by atoms with Gasteiger partial charge in [0.25, 0.3) is 5.91 Å². The largest absolute Gasteiger partial charge is 0.497 e. The number of rotatable bonds is 6. The Morgan fingerprint density at radius 3 is 2.19 bits per heavy atom. The Morgan fingerprint density at radius 1 is 1.03 bits per heavy atom. The minimum Gasteiger partial charge on any atom is -0.497 e. The third kappa shape index (κ3) is 6.75. The molecule has 0 bridgehead atoms. The van der Waals surface area contributed by atoms with Crippen molar-refractivity contribution in [2.24, 2.45) is 4.99 Å². The van der Waals surface area contributed by atoms with Gasteiger partial charge in [0.1, 0.15) is 5.75 Å². The first-order valence-corrected chi connectivity index (χ1v) is 10.7. The van der Waals surface area contributed by atoms with Gasteiger partial charge in [0, 0.05) is 58.1 Å². The van der Waals surface area contributed by atoms with Crippen molar-refractivity contribution in [2.75, 3.05) is 58.8 Å². The predicted molar refractivity (Wildman–Crippen MR) is 141 cm³/mol. The lowest BCUT2D eigenvalue weighted by molar-refractivity contribution is 0.0827. The maximum Gasteiger partial charge on any atom is 0.253 e. The number of carbonyl (C=O) groups is 1. The number of nitrogens with zero attached hydrogens (tertiary/aromatic N) is 4. The Balaban J connectivity index is 0.00000363. The van der Waals surface area contributed by atoms with Crippen LogP contribution in [0, 0.1) is 0 Å². The molecule has 32 heavy (non-hydrogen) atoms. The maximum absolute atomic E-state index is 12.0. The highest BCUT2D eigenvalue weighted by atomic mass is 127. The minimum absolute atomic E-state index is 0. The molecule has 1 N–H and O–H groups in total. The van der Waals surface area contributed by atoms with Crippen molar-refractivity contribution in [3.05, 3.63) is 59.7 Å². The SMILES string of the molecule is CCNC(=NCc1ccc(C(=O)N(C)C)cc1)N1CCN(c2ccc(OC)cc2)CC1.I. The number of aliphatic imine (C=N–C) groups is 1. The molecule has 2 aromatic carbocycles. The van der Waals surface area contributed by atoms with Crippen molar-refractivity contribution >= 4 is 41.5 Å². The summed E-state index contributed by atoms with van der Waals surface area (Å²) in [5, 5.41) is 3.42. The second-order valence-electron chi connectivity index (χ2n) is 7.74. The van der Waals surface area contributed by atoms with Crippen LogP contribution in [-0.2, 0) is 6.54 Å². The molecule has 0 aromatic heterocycles. The summed E-state index contributed by atoms with van der Waals surface area (Å²) in [7, 11) is 5.21. The van der Waals surface area contributed by atoms with Gasteiger partial charge in [-0.05, 0) is 48.9 Å². The van der Waals surface area contributed by atoms with Gasteiger partial charge in [0.05, 0.1) is 13.7 Å². The number of guanidine groups is 1. The molecule has 0 saturated carbocycles. The second kappa shape index (κ2) is 12.5. The average Bonchev–Trinajstić information content (AvgIpc) is 2.82. The fourth-order valence-corrected chi connectivity index (χ4v) is 3.57. The van der Waals surface area contributed by atoms with Gasteiger partial charge in [-0.1, -0.05) is 12.1 Å². The van der Waals surface area contributed by atoms with E-state index < -0.39 is 0 Å². The smallest absolute Gasteiger partial charge is 0.253 e. The molecule has 7 nitrogen and oxygen atoms in total. The predicted octanol–water partition coefficient (Wildman–Crippen LogP) is 3.30. The van der Waals surface area contributed by atoms with Crippen molar-refractivity contribution in [2.45, 2.75) is 13.5 Å². The molecule has 0 spiro atoms. The molecule has 1 heterocycles. The maximum atomic E-state index is 12.0. The highest BCUT2D eigenvalue weighted by molar-refractivity contribution is 14.0. The minimum atomic E-state index is 0. The Morgan fingerprint density at radius 2 is 1.66 bits per heavy atom. The zero-order chi connectivity index (χ0) is 22.2. The van der Waals surface area contributed by atoms with Crippen LogP contribution in [0.25, 0.3) is 0 Å². The number of methoxy groups -OCH3 is 1. The first-order valence-electron chi connectivity index (χ1n) is 10.7. The average molecular weight is 551 g/mol. The highest BCUT2D eigenvalue weighted by Gasteiger charge is 2.20. The summed E-state index contributed by atoms with van der Waals surface area (Å²) in [6.07, 6.45) is 0. The Bertz CT molecular complexity index is 876. The van der Waals surface area contributed by atoms with E-state index in [1.54, 1.807) is 26.1 Å². The van der Waals surface area contributed by atoms with E-state index in [0.29, 0.717) is 12.1 Å². The molecule has 1 saturated heterocycles. The number of nitrogens with one attached hydrogen (secondary N) is 1. The molecule has 174 valence electrons. The van der Waals surface area contributed by atoms with E-state index >= 15 is 0 Å². The Labute approximate surface area is 208 Å². The summed E-state index contributed by atoms with van der Waals surface area (Å²) in [4.78, 5) is 23.2. The lowest BCUT2D eigenvalue weighted by atomic mass is 10.1. The van der Waals surface area contributed by atoms with E-state index in [1.165, 1.54) is 5.69 Å². The van der Waals surface area contributed by atoms with Gasteiger partial charge >= 0.3 is 0 Å². The van der Waals surface area contributed by atoms with Crippen LogP contribution in [0.3, 0.4) is 0 Å². The summed E-state index contributed by atoms with van der Waals surface area (Å²) < 4.78 is 5.25. The van der Waals surface area contributed by atoms with E-state index in [-0.39, 0.29) is 29.9 Å². The van der Waals surface area contributed by atoms with Crippen LogP contribution < -0.4 is 15.0 Å². The van der Waals surface area contributed by atoms with E-state index in [0.717, 1.165) is 50.0 Å². The number of halogens is 1. The Kier molecular flexibility index (Phi) is 10.1. The fraction of sp³-hybridized carbons (Fsp3) is 0.417. The molecule has 1 aliphatic heterocycles. The van der Waals surface area contributed by atoms with Gasteiger partial charge in [0.15, 0.2) is 5.96 Å². The van der Waals surface area contributed by atoms with Crippen LogP contribution in [0.15, 0.2) is 53.5 Å². The summed E-state index contributed by atoms with van der Waals surface area (Å²) in [5.74, 6) is 1.83. The first kappa shape index (κ1) is 25.8. The molecule has 1 amide bonds. The van der Waals surface area contributed by atoms with E-state index in [2.05, 4.69) is 34.2 Å². The number of piperazine rings is 1. The van der Waals surface area contributed by atoms with Crippen LogP contribution >= 0.6 is 24.0 Å². The quantitative estimate of drug-likeness (QED) is 0.339. The number of hydrogen-bond donors (Lipinski definition) is 1. The molecule has 1 fully saturated rings. The molecule has 1 aliphatic rings. The van der Waals surface area contributed by atoms with Gasteiger partial charge < -0.3 is 24.8 Å². The normalized spacial score (nSPS) is 13.9. The van der Waals surface area contributed by atoms with E-state index in [1.807, 2.05) is 36.4 Å².